The third kappa shape index (κ3) is 4.77. The maximum atomic E-state index is 11.8. The number of alkyl carbamates (subject to hydrolysis) is 1. The number of carboxylic acid groups (broad SMARTS) is 1. The van der Waals surface area contributed by atoms with E-state index in [1.165, 1.54) is 4.68 Å². The zero-order valence-electron chi connectivity index (χ0n) is 12.5. The Morgan fingerprint density at radius 1 is 1.35 bits per heavy atom. The van der Waals surface area contributed by atoms with Gasteiger partial charge >= 0.3 is 12.1 Å². The topological polar surface area (TPSA) is 119 Å². The van der Waals surface area contributed by atoms with Crippen molar-refractivity contribution in [3.05, 3.63) is 41.7 Å². The molecule has 0 fully saturated rings. The SMILES string of the molecule is CCn1nnnc1CC(NC(=O)OCc1ccccc1)C(=O)O. The summed E-state index contributed by atoms with van der Waals surface area (Å²) in [6.07, 6.45) is -0.840. The minimum Gasteiger partial charge on any atom is -0.480 e. The summed E-state index contributed by atoms with van der Waals surface area (Å²) in [5, 5.41) is 22.5. The summed E-state index contributed by atoms with van der Waals surface area (Å²) in [5.74, 6) is -0.810. The van der Waals surface area contributed by atoms with Gasteiger partial charge in [0.15, 0.2) is 5.82 Å². The van der Waals surface area contributed by atoms with E-state index < -0.39 is 18.1 Å². The zero-order chi connectivity index (χ0) is 16.7. The minimum atomic E-state index is -1.19. The Kier molecular flexibility index (Phi) is 5.61. The normalized spacial score (nSPS) is 11.7. The van der Waals surface area contributed by atoms with Crippen LogP contribution in [0.5, 0.6) is 0 Å². The summed E-state index contributed by atoms with van der Waals surface area (Å²) in [7, 11) is 0. The molecule has 1 unspecified atom stereocenters. The van der Waals surface area contributed by atoms with Gasteiger partial charge in [-0.05, 0) is 22.9 Å². The number of aliphatic carboxylic acids is 1. The fourth-order valence-corrected chi connectivity index (χ4v) is 1.90. The van der Waals surface area contributed by atoms with E-state index in [0.29, 0.717) is 12.4 Å². The molecule has 23 heavy (non-hydrogen) atoms. The number of nitrogens with zero attached hydrogens (tertiary/aromatic N) is 4. The lowest BCUT2D eigenvalue weighted by atomic mass is 10.2. The van der Waals surface area contributed by atoms with Crippen LogP contribution in [0.2, 0.25) is 0 Å². The summed E-state index contributed by atoms with van der Waals surface area (Å²) < 4.78 is 6.48. The maximum Gasteiger partial charge on any atom is 0.408 e. The largest absolute Gasteiger partial charge is 0.480 e. The Labute approximate surface area is 132 Å². The Balaban J connectivity index is 1.91. The third-order valence-corrected chi connectivity index (χ3v) is 3.10. The van der Waals surface area contributed by atoms with Crippen LogP contribution in [0, 0.1) is 0 Å². The first-order valence-electron chi connectivity index (χ1n) is 7.05. The quantitative estimate of drug-likeness (QED) is 0.767. The highest BCUT2D eigenvalue weighted by atomic mass is 16.5. The molecule has 2 rings (SSSR count). The van der Waals surface area contributed by atoms with Crippen LogP contribution in [-0.4, -0.2) is 43.4 Å². The smallest absolute Gasteiger partial charge is 0.408 e. The molecule has 0 saturated heterocycles. The number of carbonyl (C=O) groups is 2. The maximum absolute atomic E-state index is 11.8. The van der Waals surface area contributed by atoms with Crippen molar-refractivity contribution in [2.24, 2.45) is 0 Å². The van der Waals surface area contributed by atoms with Crippen molar-refractivity contribution in [3.63, 3.8) is 0 Å². The van der Waals surface area contributed by atoms with Gasteiger partial charge in [-0.1, -0.05) is 30.3 Å². The first-order chi connectivity index (χ1) is 11.1. The van der Waals surface area contributed by atoms with E-state index in [2.05, 4.69) is 20.8 Å². The number of hydrogen-bond acceptors (Lipinski definition) is 6. The minimum absolute atomic E-state index is 0.0311. The highest BCUT2D eigenvalue weighted by molar-refractivity contribution is 5.80. The average molecular weight is 319 g/mol. The number of carbonyl (C=O) groups excluding carboxylic acids is 1. The number of carboxylic acids is 1. The highest BCUT2D eigenvalue weighted by Gasteiger charge is 2.24. The Hall–Kier alpha value is -2.97. The zero-order valence-corrected chi connectivity index (χ0v) is 12.5. The fraction of sp³-hybridized carbons (Fsp3) is 0.357. The van der Waals surface area contributed by atoms with Crippen molar-refractivity contribution < 1.29 is 19.4 Å². The van der Waals surface area contributed by atoms with E-state index in [9.17, 15) is 14.7 Å². The van der Waals surface area contributed by atoms with Crippen LogP contribution in [0.4, 0.5) is 4.79 Å². The van der Waals surface area contributed by atoms with Gasteiger partial charge in [0.25, 0.3) is 0 Å². The number of ether oxygens (including phenoxy) is 1. The number of nitrogens with one attached hydrogen (secondary N) is 1. The van der Waals surface area contributed by atoms with Crippen LogP contribution in [0.3, 0.4) is 0 Å². The number of hydrogen-bond donors (Lipinski definition) is 2. The van der Waals surface area contributed by atoms with Crippen molar-refractivity contribution in [1.29, 1.82) is 0 Å². The fourth-order valence-electron chi connectivity index (χ4n) is 1.90. The van der Waals surface area contributed by atoms with Crippen LogP contribution in [0.15, 0.2) is 30.3 Å². The van der Waals surface area contributed by atoms with Gasteiger partial charge in [-0.2, -0.15) is 0 Å². The summed E-state index contributed by atoms with van der Waals surface area (Å²) in [6, 6.07) is 7.92. The van der Waals surface area contributed by atoms with Crippen LogP contribution < -0.4 is 5.32 Å². The van der Waals surface area contributed by atoms with Gasteiger partial charge in [-0.15, -0.1) is 5.10 Å². The first-order valence-corrected chi connectivity index (χ1v) is 7.05. The number of rotatable bonds is 7. The molecule has 1 amide bonds. The first kappa shape index (κ1) is 16.4. The van der Waals surface area contributed by atoms with Crippen molar-refractivity contribution in [1.82, 2.24) is 25.5 Å². The number of amides is 1. The second kappa shape index (κ2) is 7.87. The van der Waals surface area contributed by atoms with Crippen LogP contribution in [0.25, 0.3) is 0 Å². The lowest BCUT2D eigenvalue weighted by Crippen LogP contribution is -2.43. The Morgan fingerprint density at radius 2 is 2.09 bits per heavy atom. The van der Waals surface area contributed by atoms with Gasteiger partial charge in [0, 0.05) is 13.0 Å². The standard InChI is InChI=1S/C14H17N5O4/c1-2-19-12(16-17-18-19)8-11(13(20)21)15-14(22)23-9-10-6-4-3-5-7-10/h3-7,11H,2,8-9H2,1H3,(H,15,22)(H,20,21). The molecule has 0 aliphatic carbocycles. The van der Waals surface area contributed by atoms with Crippen LogP contribution in [-0.2, 0) is 29.1 Å². The Bertz CT molecular complexity index is 658. The van der Waals surface area contributed by atoms with E-state index in [1.54, 1.807) is 12.1 Å². The number of benzene rings is 1. The number of aromatic nitrogens is 4. The molecule has 0 aliphatic heterocycles. The van der Waals surface area contributed by atoms with Gasteiger partial charge in [-0.3, -0.25) is 0 Å². The Morgan fingerprint density at radius 3 is 2.74 bits per heavy atom. The molecule has 1 aromatic carbocycles. The lowest BCUT2D eigenvalue weighted by molar-refractivity contribution is -0.139. The predicted octanol–water partition coefficient (Wildman–Crippen LogP) is 0.615. The van der Waals surface area contributed by atoms with E-state index in [1.807, 2.05) is 25.1 Å². The molecule has 1 aromatic heterocycles. The number of aryl methyl sites for hydroxylation is 1. The van der Waals surface area contributed by atoms with Gasteiger partial charge in [0.1, 0.15) is 12.6 Å². The molecule has 9 nitrogen and oxygen atoms in total. The molecular weight excluding hydrogens is 302 g/mol. The summed E-state index contributed by atoms with van der Waals surface area (Å²) >= 11 is 0. The monoisotopic (exact) mass is 319 g/mol. The average Bonchev–Trinajstić information content (AvgIpc) is 3.00. The number of tetrazole rings is 1. The molecule has 0 aliphatic rings. The van der Waals surface area contributed by atoms with Crippen molar-refractivity contribution in [2.75, 3.05) is 0 Å². The molecule has 1 heterocycles. The van der Waals surface area contributed by atoms with Gasteiger partial charge < -0.3 is 15.2 Å². The van der Waals surface area contributed by atoms with E-state index >= 15 is 0 Å². The second-order valence-corrected chi connectivity index (χ2v) is 4.71. The molecular formula is C14H17N5O4. The van der Waals surface area contributed by atoms with E-state index in [-0.39, 0.29) is 13.0 Å². The molecule has 0 radical (unpaired) electrons. The van der Waals surface area contributed by atoms with E-state index in [4.69, 9.17) is 4.74 Å². The molecule has 122 valence electrons. The summed E-state index contributed by atoms with van der Waals surface area (Å²) in [5.41, 5.74) is 0.810. The van der Waals surface area contributed by atoms with Crippen LogP contribution in [0.1, 0.15) is 18.3 Å². The van der Waals surface area contributed by atoms with Crippen LogP contribution >= 0.6 is 0 Å². The second-order valence-electron chi connectivity index (χ2n) is 4.71. The van der Waals surface area contributed by atoms with Gasteiger partial charge in [0.2, 0.25) is 0 Å². The van der Waals surface area contributed by atoms with Gasteiger partial charge in [-0.25, -0.2) is 14.3 Å². The van der Waals surface area contributed by atoms with Crippen molar-refractivity contribution >= 4 is 12.1 Å². The predicted molar refractivity (Wildman–Crippen MR) is 78.4 cm³/mol. The molecule has 1 atom stereocenters. The summed E-state index contributed by atoms with van der Waals surface area (Å²) in [6.45, 7) is 2.40. The van der Waals surface area contributed by atoms with Crippen molar-refractivity contribution in [3.8, 4) is 0 Å². The highest BCUT2D eigenvalue weighted by Crippen LogP contribution is 2.03. The van der Waals surface area contributed by atoms with Crippen molar-refractivity contribution in [2.45, 2.75) is 32.5 Å². The molecule has 0 saturated carbocycles. The molecule has 0 bridgehead atoms. The van der Waals surface area contributed by atoms with Gasteiger partial charge in [0.05, 0.1) is 0 Å². The van der Waals surface area contributed by atoms with E-state index in [0.717, 1.165) is 5.56 Å². The lowest BCUT2D eigenvalue weighted by Gasteiger charge is -2.14. The molecule has 9 heteroatoms. The molecule has 2 aromatic rings. The molecule has 0 spiro atoms. The summed E-state index contributed by atoms with van der Waals surface area (Å²) in [4.78, 5) is 23.0. The third-order valence-electron chi connectivity index (χ3n) is 3.10. The molecule has 2 N–H and O–H groups in total.